The molecule has 0 aliphatic carbocycles. The molecule has 0 saturated heterocycles. The van der Waals surface area contributed by atoms with Gasteiger partial charge < -0.3 is 14.6 Å². The Hall–Kier alpha value is -1.88. The Morgan fingerprint density at radius 2 is 2.24 bits per heavy atom. The topological polar surface area (TPSA) is 52.0 Å². The fourth-order valence-electron chi connectivity index (χ4n) is 2.77. The molecule has 3 rings (SSSR count). The van der Waals surface area contributed by atoms with Crippen LogP contribution in [0.3, 0.4) is 0 Å². The second-order valence-electron chi connectivity index (χ2n) is 5.52. The molecule has 1 atom stereocenters. The first-order chi connectivity index (χ1) is 10.3. The molecule has 21 heavy (non-hydrogen) atoms. The summed E-state index contributed by atoms with van der Waals surface area (Å²) in [5.74, 6) is 3.06. The van der Waals surface area contributed by atoms with Gasteiger partial charge in [0.05, 0.1) is 13.7 Å². The monoisotopic (exact) mass is 286 g/mol. The Bertz CT molecular complexity index is 608. The number of hydrogen-bond donors (Lipinski definition) is 1. The van der Waals surface area contributed by atoms with E-state index in [0.29, 0.717) is 0 Å². The highest BCUT2D eigenvalue weighted by atomic mass is 16.5. The number of nitrogens with zero attached hydrogens (tertiary/aromatic N) is 3. The van der Waals surface area contributed by atoms with E-state index < -0.39 is 0 Å². The van der Waals surface area contributed by atoms with Crippen LogP contribution in [0.5, 0.6) is 5.75 Å². The second kappa shape index (κ2) is 6.26. The molecule has 5 nitrogen and oxygen atoms in total. The maximum absolute atomic E-state index is 5.28. The first-order valence-corrected chi connectivity index (χ1v) is 7.56. The lowest BCUT2D eigenvalue weighted by Gasteiger charge is -2.17. The fourth-order valence-corrected chi connectivity index (χ4v) is 2.77. The molecule has 0 fully saturated rings. The summed E-state index contributed by atoms with van der Waals surface area (Å²) in [5.41, 5.74) is 1.22. The van der Waals surface area contributed by atoms with Gasteiger partial charge in [-0.3, -0.25) is 0 Å². The van der Waals surface area contributed by atoms with Crippen molar-refractivity contribution in [3.05, 3.63) is 41.5 Å². The Labute approximate surface area is 125 Å². The van der Waals surface area contributed by atoms with Crippen molar-refractivity contribution in [2.24, 2.45) is 0 Å². The first-order valence-electron chi connectivity index (χ1n) is 7.56. The Morgan fingerprint density at radius 1 is 1.33 bits per heavy atom. The molecule has 2 heterocycles. The van der Waals surface area contributed by atoms with E-state index in [2.05, 4.69) is 39.1 Å². The molecule has 0 radical (unpaired) electrons. The van der Waals surface area contributed by atoms with Gasteiger partial charge in [0.2, 0.25) is 0 Å². The summed E-state index contributed by atoms with van der Waals surface area (Å²) < 4.78 is 7.53. The van der Waals surface area contributed by atoms with Crippen LogP contribution in [0, 0.1) is 0 Å². The minimum Gasteiger partial charge on any atom is -0.497 e. The third kappa shape index (κ3) is 3.08. The van der Waals surface area contributed by atoms with Crippen molar-refractivity contribution in [3.63, 3.8) is 0 Å². The predicted octanol–water partition coefficient (Wildman–Crippen LogP) is 2.47. The quantitative estimate of drug-likeness (QED) is 0.917. The first kappa shape index (κ1) is 14.1. The van der Waals surface area contributed by atoms with Crippen LogP contribution in [0.1, 0.15) is 43.0 Å². The van der Waals surface area contributed by atoms with Crippen LogP contribution in [0.15, 0.2) is 24.3 Å². The highest BCUT2D eigenvalue weighted by molar-refractivity contribution is 5.30. The van der Waals surface area contributed by atoms with Gasteiger partial charge in [-0.15, -0.1) is 10.2 Å². The van der Waals surface area contributed by atoms with E-state index in [1.165, 1.54) is 18.4 Å². The maximum Gasteiger partial charge on any atom is 0.147 e. The van der Waals surface area contributed by atoms with Crippen LogP contribution < -0.4 is 10.1 Å². The van der Waals surface area contributed by atoms with Crippen LogP contribution in [-0.4, -0.2) is 21.9 Å². The van der Waals surface area contributed by atoms with Crippen LogP contribution in [-0.2, 0) is 19.5 Å². The Balaban J connectivity index is 1.65. The minimum absolute atomic E-state index is 0.247. The van der Waals surface area contributed by atoms with Crippen molar-refractivity contribution in [2.75, 3.05) is 7.11 Å². The van der Waals surface area contributed by atoms with Gasteiger partial charge in [0.25, 0.3) is 0 Å². The van der Waals surface area contributed by atoms with E-state index >= 15 is 0 Å². The zero-order chi connectivity index (χ0) is 14.7. The van der Waals surface area contributed by atoms with Crippen molar-refractivity contribution in [1.29, 1.82) is 0 Å². The largest absolute Gasteiger partial charge is 0.497 e. The normalized spacial score (nSPS) is 15.5. The van der Waals surface area contributed by atoms with Crippen molar-refractivity contribution in [3.8, 4) is 5.75 Å². The highest BCUT2D eigenvalue weighted by Gasteiger charge is 2.16. The van der Waals surface area contributed by atoms with Gasteiger partial charge in [-0.1, -0.05) is 12.1 Å². The molecule has 1 aliphatic rings. The molecule has 0 unspecified atom stereocenters. The van der Waals surface area contributed by atoms with Crippen LogP contribution in [0.4, 0.5) is 0 Å². The molecular weight excluding hydrogens is 264 g/mol. The molecule has 0 saturated carbocycles. The summed E-state index contributed by atoms with van der Waals surface area (Å²) in [4.78, 5) is 0. The smallest absolute Gasteiger partial charge is 0.147 e. The van der Waals surface area contributed by atoms with Crippen LogP contribution in [0.2, 0.25) is 0 Å². The van der Waals surface area contributed by atoms with Crippen molar-refractivity contribution in [2.45, 2.75) is 45.3 Å². The third-order valence-electron chi connectivity index (χ3n) is 4.10. The molecule has 1 aromatic heterocycles. The van der Waals surface area contributed by atoms with E-state index in [9.17, 15) is 0 Å². The van der Waals surface area contributed by atoms with Crippen LogP contribution >= 0.6 is 0 Å². The van der Waals surface area contributed by atoms with Gasteiger partial charge in [0.1, 0.15) is 17.4 Å². The molecule has 1 aliphatic heterocycles. The lowest BCUT2D eigenvalue weighted by Crippen LogP contribution is -2.22. The molecule has 0 amide bonds. The lowest BCUT2D eigenvalue weighted by molar-refractivity contribution is 0.413. The number of benzene rings is 1. The molecule has 0 bridgehead atoms. The van der Waals surface area contributed by atoms with Gasteiger partial charge in [0, 0.05) is 19.0 Å². The van der Waals surface area contributed by atoms with Gasteiger partial charge in [-0.25, -0.2) is 0 Å². The summed E-state index contributed by atoms with van der Waals surface area (Å²) in [6.45, 7) is 3.94. The second-order valence-corrected chi connectivity index (χ2v) is 5.52. The molecule has 112 valence electrons. The maximum atomic E-state index is 5.28. The number of hydrogen-bond acceptors (Lipinski definition) is 4. The van der Waals surface area contributed by atoms with Crippen molar-refractivity contribution < 1.29 is 4.74 Å². The number of aryl methyl sites for hydroxylation is 1. The Kier molecular flexibility index (Phi) is 4.20. The summed E-state index contributed by atoms with van der Waals surface area (Å²) in [6.07, 6.45) is 3.51. The van der Waals surface area contributed by atoms with E-state index in [1.54, 1.807) is 7.11 Å². The number of ether oxygens (including phenoxy) is 1. The van der Waals surface area contributed by atoms with E-state index in [0.717, 1.165) is 36.9 Å². The highest BCUT2D eigenvalue weighted by Crippen LogP contribution is 2.19. The summed E-state index contributed by atoms with van der Waals surface area (Å²) in [7, 11) is 1.69. The molecule has 0 spiro atoms. The number of fused-ring (bicyclic) bond motifs is 1. The number of nitrogens with one attached hydrogen (secondary N) is 1. The van der Waals surface area contributed by atoms with E-state index in [4.69, 9.17) is 4.74 Å². The Morgan fingerprint density at radius 3 is 3.10 bits per heavy atom. The lowest BCUT2D eigenvalue weighted by atomic mass is 10.1. The van der Waals surface area contributed by atoms with E-state index in [1.807, 2.05) is 12.1 Å². The van der Waals surface area contributed by atoms with Gasteiger partial charge >= 0.3 is 0 Å². The molecule has 1 aromatic carbocycles. The zero-order valence-electron chi connectivity index (χ0n) is 12.7. The van der Waals surface area contributed by atoms with Crippen molar-refractivity contribution >= 4 is 0 Å². The molecule has 2 aromatic rings. The molecule has 5 heteroatoms. The van der Waals surface area contributed by atoms with Gasteiger partial charge in [-0.05, 0) is 37.5 Å². The summed E-state index contributed by atoms with van der Waals surface area (Å²) in [5, 5.41) is 12.1. The number of rotatable bonds is 5. The van der Waals surface area contributed by atoms with Crippen LogP contribution in [0.25, 0.3) is 0 Å². The zero-order valence-corrected chi connectivity index (χ0v) is 12.7. The number of methoxy groups -OCH3 is 1. The molecular formula is C16H22N4O. The van der Waals surface area contributed by atoms with E-state index in [-0.39, 0.29) is 6.04 Å². The summed E-state index contributed by atoms with van der Waals surface area (Å²) >= 11 is 0. The minimum atomic E-state index is 0.247. The van der Waals surface area contributed by atoms with Gasteiger partial charge in [-0.2, -0.15) is 0 Å². The third-order valence-corrected chi connectivity index (χ3v) is 4.10. The average molecular weight is 286 g/mol. The summed E-state index contributed by atoms with van der Waals surface area (Å²) in [6, 6.07) is 8.41. The SMILES string of the molecule is COc1cccc([C@@H](C)NCc2nnc3n2CCCC3)c1. The average Bonchev–Trinajstić information content (AvgIpc) is 2.96. The fraction of sp³-hybridized carbons (Fsp3) is 0.500. The molecule has 1 N–H and O–H groups in total. The predicted molar refractivity (Wildman–Crippen MR) is 81.2 cm³/mol. The van der Waals surface area contributed by atoms with Crippen molar-refractivity contribution in [1.82, 2.24) is 20.1 Å². The standard InChI is InChI=1S/C16H22N4O/c1-12(13-6-5-7-14(10-13)21-2)17-11-16-19-18-15-8-3-4-9-20(15)16/h5-7,10,12,17H,3-4,8-9,11H2,1-2H3/t12-/m1/s1. The number of aromatic nitrogens is 3. The van der Waals surface area contributed by atoms with Gasteiger partial charge in [0.15, 0.2) is 0 Å².